The monoisotopic (exact) mass is 762 g/mol. The fourth-order valence-corrected chi connectivity index (χ4v) is 9.58. The lowest BCUT2D eigenvalue weighted by Crippen LogP contribution is -2.10. The second-order valence-electron chi connectivity index (χ2n) is 15.7. The highest BCUT2D eigenvalue weighted by Crippen LogP contribution is 2.44. The Labute approximate surface area is 348 Å². The third-order valence-electron chi connectivity index (χ3n) is 12.3. The summed E-state index contributed by atoms with van der Waals surface area (Å²) in [5, 5.41) is 12.5. The third-order valence-corrected chi connectivity index (χ3v) is 12.3. The van der Waals surface area contributed by atoms with Crippen molar-refractivity contribution in [3.8, 4) is 27.9 Å². The summed E-state index contributed by atoms with van der Waals surface area (Å²) < 4.78 is 2.42. The molecule has 0 radical (unpaired) electrons. The van der Waals surface area contributed by atoms with Crippen LogP contribution in [0.1, 0.15) is 0 Å². The molecule has 280 valence electrons. The van der Waals surface area contributed by atoms with E-state index in [0.717, 1.165) is 22.7 Å². The molecular weight excluding hydrogens is 725 g/mol. The Kier molecular flexibility index (Phi) is 7.89. The minimum atomic E-state index is 1.10. The second kappa shape index (κ2) is 13.9. The van der Waals surface area contributed by atoms with Crippen LogP contribution < -0.4 is 4.90 Å². The van der Waals surface area contributed by atoms with Crippen molar-refractivity contribution >= 4 is 82.0 Å². The molecule has 2 heteroatoms. The average Bonchev–Trinajstić information content (AvgIpc) is 3.67. The molecule has 0 N–H and O–H groups in total. The number of aromatic nitrogens is 1. The van der Waals surface area contributed by atoms with Crippen molar-refractivity contribution in [3.05, 3.63) is 231 Å². The zero-order chi connectivity index (χ0) is 39.6. The Morgan fingerprint density at radius 1 is 0.283 bits per heavy atom. The van der Waals surface area contributed by atoms with Crippen LogP contribution in [0.2, 0.25) is 0 Å². The highest BCUT2D eigenvalue weighted by molar-refractivity contribution is 6.25. The van der Waals surface area contributed by atoms with E-state index in [1.54, 1.807) is 0 Å². The van der Waals surface area contributed by atoms with Crippen LogP contribution in [0, 0.1) is 0 Å². The van der Waals surface area contributed by atoms with E-state index in [9.17, 15) is 0 Å². The molecule has 0 saturated heterocycles. The maximum absolute atomic E-state index is 2.42. The van der Waals surface area contributed by atoms with Gasteiger partial charge in [0.2, 0.25) is 0 Å². The molecule has 0 bridgehead atoms. The lowest BCUT2D eigenvalue weighted by Gasteiger charge is -2.27. The van der Waals surface area contributed by atoms with Crippen LogP contribution >= 0.6 is 0 Å². The molecule has 11 aromatic carbocycles. The highest BCUT2D eigenvalue weighted by atomic mass is 15.1. The first kappa shape index (κ1) is 34.1. The molecule has 0 atom stereocenters. The molecule has 0 amide bonds. The number of rotatable bonds is 6. The van der Waals surface area contributed by atoms with Gasteiger partial charge in [-0.1, -0.05) is 164 Å². The largest absolute Gasteiger partial charge is 0.310 e. The summed E-state index contributed by atoms with van der Waals surface area (Å²) in [4.78, 5) is 2.40. The fraction of sp³-hybridized carbons (Fsp3) is 0. The van der Waals surface area contributed by atoms with Gasteiger partial charge in [-0.15, -0.1) is 0 Å². The van der Waals surface area contributed by atoms with Crippen LogP contribution in [0.4, 0.5) is 17.1 Å². The molecule has 12 aromatic rings. The van der Waals surface area contributed by atoms with E-state index >= 15 is 0 Å². The highest BCUT2D eigenvalue weighted by Gasteiger charge is 2.20. The van der Waals surface area contributed by atoms with Crippen molar-refractivity contribution in [1.82, 2.24) is 4.57 Å². The number of fused-ring (bicyclic) bond motifs is 9. The second-order valence-corrected chi connectivity index (χ2v) is 15.7. The molecule has 0 spiro atoms. The molecule has 1 heterocycles. The maximum atomic E-state index is 2.42. The Bertz CT molecular complexity index is 3600. The molecule has 2 nitrogen and oxygen atoms in total. The van der Waals surface area contributed by atoms with Crippen LogP contribution in [0.25, 0.3) is 92.8 Å². The fourth-order valence-electron chi connectivity index (χ4n) is 9.58. The zero-order valence-corrected chi connectivity index (χ0v) is 32.8. The Balaban J connectivity index is 1.05. The molecule has 0 fully saturated rings. The van der Waals surface area contributed by atoms with Gasteiger partial charge in [-0.3, -0.25) is 0 Å². The van der Waals surface area contributed by atoms with Gasteiger partial charge in [-0.25, -0.2) is 0 Å². The number of benzene rings is 11. The number of nitrogens with zero attached hydrogens (tertiary/aromatic N) is 2. The third kappa shape index (κ3) is 5.50. The number of anilines is 3. The Morgan fingerprint density at radius 2 is 0.900 bits per heavy atom. The van der Waals surface area contributed by atoms with Gasteiger partial charge in [-0.05, 0) is 132 Å². The van der Waals surface area contributed by atoms with Crippen molar-refractivity contribution in [2.24, 2.45) is 0 Å². The topological polar surface area (TPSA) is 8.17 Å². The zero-order valence-electron chi connectivity index (χ0n) is 32.8. The smallest absolute Gasteiger partial charge is 0.0547 e. The summed E-state index contributed by atoms with van der Waals surface area (Å²) in [5.41, 5.74) is 11.7. The predicted octanol–water partition coefficient (Wildman–Crippen LogP) is 16.2. The normalized spacial score (nSPS) is 11.7. The summed E-state index contributed by atoms with van der Waals surface area (Å²) in [6, 6.07) is 84.3. The van der Waals surface area contributed by atoms with Gasteiger partial charge in [0, 0.05) is 33.5 Å². The Hall–Kier alpha value is -7.94. The number of hydrogen-bond donors (Lipinski definition) is 0. The summed E-state index contributed by atoms with van der Waals surface area (Å²) >= 11 is 0. The summed E-state index contributed by atoms with van der Waals surface area (Å²) in [7, 11) is 0. The van der Waals surface area contributed by atoms with E-state index in [4.69, 9.17) is 0 Å². The van der Waals surface area contributed by atoms with Crippen molar-refractivity contribution in [3.63, 3.8) is 0 Å². The number of hydrogen-bond acceptors (Lipinski definition) is 1. The van der Waals surface area contributed by atoms with Gasteiger partial charge >= 0.3 is 0 Å². The van der Waals surface area contributed by atoms with E-state index in [0.29, 0.717) is 0 Å². The first-order chi connectivity index (χ1) is 29.8. The van der Waals surface area contributed by atoms with Crippen LogP contribution in [-0.4, -0.2) is 4.57 Å². The standard InChI is InChI=1S/C58H38N2/c1-2-19-45(20-3-1)60-55-27-13-26-51(58(55)57-50-23-9-6-15-40(50)31-35-56(57)60)43-18-12-21-47(37-43)59(48-34-28-39-14-4-5-16-42(39)36-48)46-32-29-41(30-33-46)54-38-44-17-7-8-22-49(44)52-24-10-11-25-53(52)54/h1-38H. The molecule has 12 rings (SSSR count). The van der Waals surface area contributed by atoms with Crippen LogP contribution in [0.3, 0.4) is 0 Å². The first-order valence-electron chi connectivity index (χ1n) is 20.7. The van der Waals surface area contributed by atoms with Gasteiger partial charge in [0.25, 0.3) is 0 Å². The van der Waals surface area contributed by atoms with Crippen molar-refractivity contribution in [2.45, 2.75) is 0 Å². The quantitative estimate of drug-likeness (QED) is 0.153. The minimum Gasteiger partial charge on any atom is -0.310 e. The Morgan fingerprint density at radius 3 is 1.73 bits per heavy atom. The molecule has 1 aromatic heterocycles. The van der Waals surface area contributed by atoms with Gasteiger partial charge < -0.3 is 9.47 Å². The lowest BCUT2D eigenvalue weighted by atomic mass is 9.93. The van der Waals surface area contributed by atoms with Gasteiger partial charge in [-0.2, -0.15) is 0 Å². The average molecular weight is 763 g/mol. The molecule has 0 aliphatic carbocycles. The molecule has 0 saturated carbocycles. The SMILES string of the molecule is c1ccc(-n2c3cccc(-c4cccc(N(c5ccc(-c6cc7ccccc7c7ccccc67)cc5)c5ccc6ccccc6c5)c4)c3c3c4ccccc4ccc32)cc1. The first-order valence-corrected chi connectivity index (χ1v) is 20.7. The van der Waals surface area contributed by atoms with Gasteiger partial charge in [0.15, 0.2) is 0 Å². The summed E-state index contributed by atoms with van der Waals surface area (Å²) in [6.07, 6.45) is 0. The van der Waals surface area contributed by atoms with Crippen molar-refractivity contribution in [2.75, 3.05) is 4.90 Å². The predicted molar refractivity (Wildman–Crippen MR) is 256 cm³/mol. The molecular formula is C58H38N2. The van der Waals surface area contributed by atoms with E-state index in [2.05, 4.69) is 240 Å². The van der Waals surface area contributed by atoms with Crippen LogP contribution in [0.15, 0.2) is 231 Å². The summed E-state index contributed by atoms with van der Waals surface area (Å²) in [5.74, 6) is 0. The molecule has 60 heavy (non-hydrogen) atoms. The van der Waals surface area contributed by atoms with Gasteiger partial charge in [0.05, 0.1) is 11.0 Å². The molecule has 0 unspecified atom stereocenters. The van der Waals surface area contributed by atoms with Gasteiger partial charge in [0.1, 0.15) is 0 Å². The summed E-state index contributed by atoms with van der Waals surface area (Å²) in [6.45, 7) is 0. The van der Waals surface area contributed by atoms with Crippen molar-refractivity contribution in [1.29, 1.82) is 0 Å². The van der Waals surface area contributed by atoms with Crippen LogP contribution in [0.5, 0.6) is 0 Å². The molecule has 0 aliphatic rings. The lowest BCUT2D eigenvalue weighted by molar-refractivity contribution is 1.18. The van der Waals surface area contributed by atoms with Crippen molar-refractivity contribution < 1.29 is 0 Å². The maximum Gasteiger partial charge on any atom is 0.0547 e. The minimum absolute atomic E-state index is 1.10. The van der Waals surface area contributed by atoms with E-state index in [1.807, 2.05) is 0 Å². The van der Waals surface area contributed by atoms with Crippen LogP contribution in [-0.2, 0) is 0 Å². The van der Waals surface area contributed by atoms with E-state index < -0.39 is 0 Å². The number of para-hydroxylation sites is 1. The van der Waals surface area contributed by atoms with E-state index in [-0.39, 0.29) is 0 Å². The van der Waals surface area contributed by atoms with E-state index in [1.165, 1.54) is 87.1 Å². The molecule has 0 aliphatic heterocycles.